The molecule has 1 N–H and O–H groups in total. The third-order valence-corrected chi connectivity index (χ3v) is 5.88. The first-order chi connectivity index (χ1) is 10.4. The Labute approximate surface area is 139 Å². The van der Waals surface area contributed by atoms with Gasteiger partial charge in [-0.05, 0) is 37.1 Å². The molecule has 120 valence electrons. The van der Waals surface area contributed by atoms with Gasteiger partial charge < -0.3 is 10.2 Å². The summed E-state index contributed by atoms with van der Waals surface area (Å²) in [6, 6.07) is 7.20. The highest BCUT2D eigenvalue weighted by molar-refractivity contribution is 9.10. The normalized spacial score (nSPS) is 20.2. The number of hydrogen-bond donors (Lipinski definition) is 1. The van der Waals surface area contributed by atoms with E-state index < -0.39 is 9.84 Å². The number of amides is 2. The first-order valence-corrected chi connectivity index (χ1v) is 9.72. The summed E-state index contributed by atoms with van der Waals surface area (Å²) in [5.41, 5.74) is 0.968. The molecule has 0 radical (unpaired) electrons. The standard InChI is InChI=1S/C15H19BrN2O3S/c1-2-18(14-8-10-22(20,21)11-14)15(19)17-9-7-12-3-5-13(16)6-4-12/h3-7,9,14H,2,8,10-11H2,1H3,(H,17,19)/b9-7+. The lowest BCUT2D eigenvalue weighted by molar-refractivity contribution is 0.187. The second-order valence-corrected chi connectivity index (χ2v) is 8.32. The summed E-state index contributed by atoms with van der Waals surface area (Å²) in [4.78, 5) is 13.8. The highest BCUT2D eigenvalue weighted by Crippen LogP contribution is 2.17. The summed E-state index contributed by atoms with van der Waals surface area (Å²) >= 11 is 3.36. The van der Waals surface area contributed by atoms with Crippen LogP contribution in [0.25, 0.3) is 6.08 Å². The quantitative estimate of drug-likeness (QED) is 0.864. The van der Waals surface area contributed by atoms with E-state index in [0.29, 0.717) is 13.0 Å². The molecule has 0 saturated carbocycles. The van der Waals surface area contributed by atoms with E-state index in [1.807, 2.05) is 31.2 Å². The largest absolute Gasteiger partial charge is 0.321 e. The Bertz CT molecular complexity index is 656. The molecular formula is C15H19BrN2O3S. The smallest absolute Gasteiger partial charge is 0.321 e. The van der Waals surface area contributed by atoms with E-state index in [1.165, 1.54) is 0 Å². The molecule has 1 aromatic rings. The molecule has 5 nitrogen and oxygen atoms in total. The van der Waals surface area contributed by atoms with Gasteiger partial charge in [-0.25, -0.2) is 13.2 Å². The molecule has 2 rings (SSSR count). The minimum absolute atomic E-state index is 0.0602. The van der Waals surface area contributed by atoms with Crippen LogP contribution in [0.4, 0.5) is 4.79 Å². The monoisotopic (exact) mass is 386 g/mol. The van der Waals surface area contributed by atoms with E-state index >= 15 is 0 Å². The lowest BCUT2D eigenvalue weighted by atomic mass is 10.2. The molecule has 2 amide bonds. The topological polar surface area (TPSA) is 66.5 Å². The molecule has 1 saturated heterocycles. The Hall–Kier alpha value is -1.34. The van der Waals surface area contributed by atoms with Crippen molar-refractivity contribution in [2.75, 3.05) is 18.1 Å². The predicted octanol–water partition coefficient (Wildman–Crippen LogP) is 2.64. The lowest BCUT2D eigenvalue weighted by Crippen LogP contribution is -2.45. The summed E-state index contributed by atoms with van der Waals surface area (Å²) in [6.07, 6.45) is 3.89. The summed E-state index contributed by atoms with van der Waals surface area (Å²) in [7, 11) is -3.00. The Morgan fingerprint density at radius 2 is 2.09 bits per heavy atom. The van der Waals surface area contributed by atoms with Gasteiger partial charge >= 0.3 is 6.03 Å². The third-order valence-electron chi connectivity index (χ3n) is 3.60. The van der Waals surface area contributed by atoms with Crippen molar-refractivity contribution in [2.45, 2.75) is 19.4 Å². The van der Waals surface area contributed by atoms with Crippen LogP contribution in [0.1, 0.15) is 18.9 Å². The van der Waals surface area contributed by atoms with Gasteiger partial charge in [-0.1, -0.05) is 28.1 Å². The molecule has 7 heteroatoms. The number of rotatable bonds is 4. The van der Waals surface area contributed by atoms with Crippen molar-refractivity contribution in [3.8, 4) is 0 Å². The Morgan fingerprint density at radius 1 is 1.41 bits per heavy atom. The fourth-order valence-corrected chi connectivity index (χ4v) is 4.45. The van der Waals surface area contributed by atoms with Gasteiger partial charge in [0.15, 0.2) is 9.84 Å². The molecule has 0 spiro atoms. The van der Waals surface area contributed by atoms with Crippen LogP contribution in [-0.4, -0.2) is 43.4 Å². The summed E-state index contributed by atoms with van der Waals surface area (Å²) in [5, 5.41) is 2.70. The average molecular weight is 387 g/mol. The minimum Gasteiger partial charge on any atom is -0.321 e. The fourth-order valence-electron chi connectivity index (χ4n) is 2.45. The molecule has 1 heterocycles. The van der Waals surface area contributed by atoms with Crippen LogP contribution in [0.5, 0.6) is 0 Å². The average Bonchev–Trinajstić information content (AvgIpc) is 2.82. The van der Waals surface area contributed by atoms with E-state index in [9.17, 15) is 13.2 Å². The van der Waals surface area contributed by atoms with Crippen molar-refractivity contribution in [3.63, 3.8) is 0 Å². The van der Waals surface area contributed by atoms with Gasteiger partial charge in [-0.2, -0.15) is 0 Å². The molecule has 1 unspecified atom stereocenters. The molecule has 0 bridgehead atoms. The first kappa shape index (κ1) is 17.0. The zero-order chi connectivity index (χ0) is 16.2. The molecule has 1 aliphatic rings. The van der Waals surface area contributed by atoms with E-state index in [0.717, 1.165) is 10.0 Å². The molecule has 22 heavy (non-hydrogen) atoms. The van der Waals surface area contributed by atoms with Crippen LogP contribution in [0.2, 0.25) is 0 Å². The maximum atomic E-state index is 12.2. The van der Waals surface area contributed by atoms with Gasteiger partial charge in [0.2, 0.25) is 0 Å². The van der Waals surface area contributed by atoms with Crippen molar-refractivity contribution in [1.82, 2.24) is 10.2 Å². The van der Waals surface area contributed by atoms with Crippen LogP contribution >= 0.6 is 15.9 Å². The Balaban J connectivity index is 1.94. The van der Waals surface area contributed by atoms with Gasteiger partial charge in [0, 0.05) is 23.3 Å². The van der Waals surface area contributed by atoms with E-state index in [4.69, 9.17) is 0 Å². The van der Waals surface area contributed by atoms with Crippen molar-refractivity contribution < 1.29 is 13.2 Å². The van der Waals surface area contributed by atoms with Crippen LogP contribution in [-0.2, 0) is 9.84 Å². The van der Waals surface area contributed by atoms with Gasteiger partial charge in [0.25, 0.3) is 0 Å². The van der Waals surface area contributed by atoms with Gasteiger partial charge in [-0.15, -0.1) is 0 Å². The maximum absolute atomic E-state index is 12.2. The Morgan fingerprint density at radius 3 is 2.64 bits per heavy atom. The van der Waals surface area contributed by atoms with Crippen LogP contribution in [0, 0.1) is 0 Å². The highest BCUT2D eigenvalue weighted by Gasteiger charge is 2.33. The van der Waals surface area contributed by atoms with Crippen LogP contribution in [0.15, 0.2) is 34.9 Å². The number of nitrogens with one attached hydrogen (secondary N) is 1. The Kier molecular flexibility index (Phi) is 5.63. The zero-order valence-corrected chi connectivity index (χ0v) is 14.7. The van der Waals surface area contributed by atoms with Crippen molar-refractivity contribution in [3.05, 3.63) is 40.5 Å². The predicted molar refractivity (Wildman–Crippen MR) is 91.1 cm³/mol. The SMILES string of the molecule is CCN(C(=O)N/C=C/c1ccc(Br)cc1)C1CCS(=O)(=O)C1. The fraction of sp³-hybridized carbons (Fsp3) is 0.400. The van der Waals surface area contributed by atoms with E-state index in [2.05, 4.69) is 21.2 Å². The maximum Gasteiger partial charge on any atom is 0.321 e. The number of carbonyl (C=O) groups excluding carboxylic acids is 1. The number of hydrogen-bond acceptors (Lipinski definition) is 3. The highest BCUT2D eigenvalue weighted by atomic mass is 79.9. The molecule has 1 fully saturated rings. The van der Waals surface area contributed by atoms with Gasteiger partial charge in [0.1, 0.15) is 0 Å². The van der Waals surface area contributed by atoms with Crippen LogP contribution in [0.3, 0.4) is 0 Å². The summed E-state index contributed by atoms with van der Waals surface area (Å²) in [5.74, 6) is 0.223. The van der Waals surface area contributed by atoms with E-state index in [-0.39, 0.29) is 23.6 Å². The minimum atomic E-state index is -3.00. The summed E-state index contributed by atoms with van der Waals surface area (Å²) in [6.45, 7) is 2.33. The first-order valence-electron chi connectivity index (χ1n) is 7.11. The molecule has 0 aliphatic carbocycles. The van der Waals surface area contributed by atoms with Crippen molar-refractivity contribution >= 4 is 37.9 Å². The molecule has 1 aliphatic heterocycles. The lowest BCUT2D eigenvalue weighted by Gasteiger charge is -2.26. The number of benzene rings is 1. The van der Waals surface area contributed by atoms with Gasteiger partial charge in [-0.3, -0.25) is 0 Å². The summed E-state index contributed by atoms with van der Waals surface area (Å²) < 4.78 is 24.1. The molecule has 1 atom stereocenters. The number of halogens is 1. The van der Waals surface area contributed by atoms with Crippen LogP contribution < -0.4 is 5.32 Å². The van der Waals surface area contributed by atoms with Crippen molar-refractivity contribution in [1.29, 1.82) is 0 Å². The number of carbonyl (C=O) groups is 1. The molecule has 0 aromatic heterocycles. The molecule has 1 aromatic carbocycles. The number of sulfone groups is 1. The van der Waals surface area contributed by atoms with Gasteiger partial charge in [0.05, 0.1) is 11.5 Å². The molecular weight excluding hydrogens is 368 g/mol. The third kappa shape index (κ3) is 4.58. The number of urea groups is 1. The second-order valence-electron chi connectivity index (χ2n) is 5.18. The van der Waals surface area contributed by atoms with E-state index in [1.54, 1.807) is 17.2 Å². The number of nitrogens with zero attached hydrogens (tertiary/aromatic N) is 1. The zero-order valence-electron chi connectivity index (χ0n) is 12.3. The van der Waals surface area contributed by atoms with Crippen molar-refractivity contribution in [2.24, 2.45) is 0 Å². The second kappa shape index (κ2) is 7.28.